The van der Waals surface area contributed by atoms with Crippen molar-refractivity contribution in [3.63, 3.8) is 0 Å². The predicted molar refractivity (Wildman–Crippen MR) is 83.8 cm³/mol. The molecule has 0 aliphatic heterocycles. The lowest BCUT2D eigenvalue weighted by Crippen LogP contribution is -2.36. The molecular formula is C14H25N3O2S. The molecule has 0 aliphatic rings. The van der Waals surface area contributed by atoms with Crippen LogP contribution < -0.4 is 10.2 Å². The van der Waals surface area contributed by atoms with Crippen molar-refractivity contribution in [3.05, 3.63) is 23.9 Å². The topological polar surface area (TPSA) is 62.3 Å². The summed E-state index contributed by atoms with van der Waals surface area (Å²) < 4.78 is 22.5. The first-order chi connectivity index (χ1) is 9.08. The molecule has 5 nitrogen and oxygen atoms in total. The van der Waals surface area contributed by atoms with Gasteiger partial charge in [0.05, 0.1) is 5.75 Å². The van der Waals surface area contributed by atoms with Crippen LogP contribution in [0.25, 0.3) is 0 Å². The first-order valence-electron chi connectivity index (χ1n) is 6.66. The van der Waals surface area contributed by atoms with Crippen molar-refractivity contribution in [1.82, 2.24) is 10.3 Å². The minimum absolute atomic E-state index is 0.0262. The van der Waals surface area contributed by atoms with Gasteiger partial charge in [-0.1, -0.05) is 6.07 Å². The van der Waals surface area contributed by atoms with Gasteiger partial charge < -0.3 is 10.2 Å². The van der Waals surface area contributed by atoms with E-state index in [0.29, 0.717) is 13.1 Å². The van der Waals surface area contributed by atoms with Crippen LogP contribution in [-0.4, -0.2) is 44.5 Å². The van der Waals surface area contributed by atoms with Gasteiger partial charge in [-0.25, -0.2) is 13.4 Å². The minimum Gasteiger partial charge on any atom is -0.358 e. The molecule has 0 fully saturated rings. The number of anilines is 1. The lowest BCUT2D eigenvalue weighted by Gasteiger charge is -2.24. The van der Waals surface area contributed by atoms with Crippen molar-refractivity contribution in [2.75, 3.05) is 30.5 Å². The quantitative estimate of drug-likeness (QED) is 0.861. The van der Waals surface area contributed by atoms with Gasteiger partial charge in [0.15, 0.2) is 0 Å². The Hall–Kier alpha value is -1.14. The summed E-state index contributed by atoms with van der Waals surface area (Å²) in [5.74, 6) is 0.958. The van der Waals surface area contributed by atoms with Gasteiger partial charge >= 0.3 is 0 Å². The first-order valence-corrected chi connectivity index (χ1v) is 8.72. The summed E-state index contributed by atoms with van der Waals surface area (Å²) in [6, 6.07) is 3.91. The van der Waals surface area contributed by atoms with E-state index in [2.05, 4.69) is 31.1 Å². The van der Waals surface area contributed by atoms with Crippen molar-refractivity contribution in [3.8, 4) is 0 Å². The summed E-state index contributed by atoms with van der Waals surface area (Å²) >= 11 is 0. The maximum Gasteiger partial charge on any atom is 0.149 e. The zero-order valence-electron chi connectivity index (χ0n) is 13.0. The summed E-state index contributed by atoms with van der Waals surface area (Å²) in [7, 11) is -1.09. The highest BCUT2D eigenvalue weighted by atomic mass is 32.2. The summed E-state index contributed by atoms with van der Waals surface area (Å²) in [5.41, 5.74) is 1.09. The highest BCUT2D eigenvalue weighted by molar-refractivity contribution is 7.90. The molecule has 0 amide bonds. The maximum atomic E-state index is 11.2. The van der Waals surface area contributed by atoms with Crippen molar-refractivity contribution < 1.29 is 8.42 Å². The summed E-state index contributed by atoms with van der Waals surface area (Å²) in [6.07, 6.45) is 2.98. The van der Waals surface area contributed by atoms with E-state index in [1.165, 1.54) is 6.26 Å². The Morgan fingerprint density at radius 1 is 1.35 bits per heavy atom. The zero-order chi connectivity index (χ0) is 15.4. The Labute approximate surface area is 122 Å². The summed E-state index contributed by atoms with van der Waals surface area (Å²) in [5, 5.41) is 3.42. The number of nitrogens with zero attached hydrogens (tertiary/aromatic N) is 2. The monoisotopic (exact) mass is 299 g/mol. The Kier molecular flexibility index (Phi) is 5.53. The van der Waals surface area contributed by atoms with Crippen LogP contribution in [0.3, 0.4) is 0 Å². The molecule has 1 heterocycles. The summed E-state index contributed by atoms with van der Waals surface area (Å²) in [6.45, 7) is 7.47. The van der Waals surface area contributed by atoms with E-state index in [1.807, 2.05) is 24.1 Å². The Morgan fingerprint density at radius 2 is 2.00 bits per heavy atom. The SMILES string of the molecule is CN(CCS(C)(=O)=O)c1ncccc1CNC(C)(C)C. The first kappa shape index (κ1) is 16.9. The molecule has 0 unspecified atom stereocenters. The molecule has 0 saturated heterocycles. The van der Waals surface area contributed by atoms with E-state index < -0.39 is 9.84 Å². The number of nitrogens with one attached hydrogen (secondary N) is 1. The van der Waals surface area contributed by atoms with Crippen LogP contribution in [0.15, 0.2) is 18.3 Å². The Morgan fingerprint density at radius 3 is 2.55 bits per heavy atom. The van der Waals surface area contributed by atoms with Crippen LogP contribution in [0.2, 0.25) is 0 Å². The third kappa shape index (κ3) is 6.34. The standard InChI is InChI=1S/C14H25N3O2S/c1-14(2,3)16-11-12-7-6-8-15-13(12)17(4)9-10-20(5,18)19/h6-8,16H,9-11H2,1-5H3. The second-order valence-corrected chi connectivity index (χ2v) is 8.40. The number of rotatable bonds is 6. The number of hydrogen-bond donors (Lipinski definition) is 1. The highest BCUT2D eigenvalue weighted by Gasteiger charge is 2.14. The molecule has 0 bridgehead atoms. The van der Waals surface area contributed by atoms with Gasteiger partial charge in [0.2, 0.25) is 0 Å². The van der Waals surface area contributed by atoms with E-state index in [4.69, 9.17) is 0 Å². The van der Waals surface area contributed by atoms with Gasteiger partial charge in [0.1, 0.15) is 15.7 Å². The average molecular weight is 299 g/mol. The van der Waals surface area contributed by atoms with Crippen LogP contribution >= 0.6 is 0 Å². The van der Waals surface area contributed by atoms with E-state index >= 15 is 0 Å². The molecule has 1 aromatic heterocycles. The number of pyridine rings is 1. The normalized spacial score (nSPS) is 12.4. The van der Waals surface area contributed by atoms with Gasteiger partial charge in [-0.15, -0.1) is 0 Å². The average Bonchev–Trinajstić information content (AvgIpc) is 2.32. The molecule has 114 valence electrons. The molecule has 1 N–H and O–H groups in total. The molecule has 0 saturated carbocycles. The maximum absolute atomic E-state index is 11.2. The number of sulfone groups is 1. The smallest absolute Gasteiger partial charge is 0.149 e. The van der Waals surface area contributed by atoms with Gasteiger partial charge in [0, 0.05) is 43.7 Å². The highest BCUT2D eigenvalue weighted by Crippen LogP contribution is 2.16. The minimum atomic E-state index is -2.96. The van der Waals surface area contributed by atoms with Crippen molar-refractivity contribution in [2.24, 2.45) is 0 Å². The zero-order valence-corrected chi connectivity index (χ0v) is 13.8. The van der Waals surface area contributed by atoms with Crippen LogP contribution in [0.4, 0.5) is 5.82 Å². The van der Waals surface area contributed by atoms with Gasteiger partial charge in [-0.05, 0) is 26.8 Å². The molecule has 0 atom stereocenters. The van der Waals surface area contributed by atoms with Crippen LogP contribution in [0.5, 0.6) is 0 Å². The second-order valence-electron chi connectivity index (χ2n) is 6.14. The molecule has 1 aromatic rings. The third-order valence-corrected chi connectivity index (χ3v) is 3.76. The van der Waals surface area contributed by atoms with Crippen LogP contribution in [0, 0.1) is 0 Å². The molecule has 1 rings (SSSR count). The molecule has 0 radical (unpaired) electrons. The van der Waals surface area contributed by atoms with Gasteiger partial charge in [0.25, 0.3) is 0 Å². The Balaban J connectivity index is 2.79. The van der Waals surface area contributed by atoms with Gasteiger partial charge in [-0.3, -0.25) is 0 Å². The van der Waals surface area contributed by atoms with Crippen molar-refractivity contribution in [2.45, 2.75) is 32.9 Å². The summed E-state index contributed by atoms with van der Waals surface area (Å²) in [4.78, 5) is 6.26. The van der Waals surface area contributed by atoms with Crippen LogP contribution in [-0.2, 0) is 16.4 Å². The molecule has 20 heavy (non-hydrogen) atoms. The molecule has 0 aliphatic carbocycles. The van der Waals surface area contributed by atoms with Crippen molar-refractivity contribution >= 4 is 15.7 Å². The number of aromatic nitrogens is 1. The molecular weight excluding hydrogens is 274 g/mol. The number of hydrogen-bond acceptors (Lipinski definition) is 5. The van der Waals surface area contributed by atoms with E-state index in [0.717, 1.165) is 11.4 Å². The fourth-order valence-electron chi connectivity index (χ4n) is 1.68. The predicted octanol–water partition coefficient (Wildman–Crippen LogP) is 1.45. The van der Waals surface area contributed by atoms with E-state index in [-0.39, 0.29) is 11.3 Å². The lowest BCUT2D eigenvalue weighted by molar-refractivity contribution is 0.424. The Bertz CT molecular complexity index is 536. The van der Waals surface area contributed by atoms with Crippen LogP contribution in [0.1, 0.15) is 26.3 Å². The largest absolute Gasteiger partial charge is 0.358 e. The van der Waals surface area contributed by atoms with E-state index in [9.17, 15) is 8.42 Å². The lowest BCUT2D eigenvalue weighted by atomic mass is 10.1. The fourth-order valence-corrected chi connectivity index (χ4v) is 2.29. The fraction of sp³-hybridized carbons (Fsp3) is 0.643. The molecule has 6 heteroatoms. The van der Waals surface area contributed by atoms with Gasteiger partial charge in [-0.2, -0.15) is 0 Å². The second kappa shape index (κ2) is 6.54. The molecule has 0 aromatic carbocycles. The third-order valence-electron chi connectivity index (χ3n) is 2.84. The van der Waals surface area contributed by atoms with Crippen molar-refractivity contribution in [1.29, 1.82) is 0 Å². The molecule has 0 spiro atoms. The van der Waals surface area contributed by atoms with E-state index in [1.54, 1.807) is 6.20 Å².